The van der Waals surface area contributed by atoms with Gasteiger partial charge in [0, 0.05) is 82.7 Å². The van der Waals surface area contributed by atoms with E-state index in [2.05, 4.69) is 15.3 Å². The van der Waals surface area contributed by atoms with Crippen LogP contribution < -0.4 is 10.2 Å². The van der Waals surface area contributed by atoms with E-state index < -0.39 is 70.9 Å². The van der Waals surface area contributed by atoms with E-state index in [4.69, 9.17) is 5.53 Å². The van der Waals surface area contributed by atoms with E-state index in [0.29, 0.717) is 85.7 Å². The molecule has 67 heavy (non-hydrogen) atoms. The molecule has 0 spiro atoms. The Morgan fingerprint density at radius 1 is 0.776 bits per heavy atom. The monoisotopic (exact) mass is 998 g/mol. The molecule has 358 valence electrons. The third-order valence-electron chi connectivity index (χ3n) is 12.1. The molecule has 0 aromatic heterocycles. The highest BCUT2D eigenvalue weighted by Crippen LogP contribution is 2.52. The number of allylic oxidation sites excluding steroid dienone is 6. The van der Waals surface area contributed by atoms with Crippen molar-refractivity contribution in [3.8, 4) is 0 Å². The van der Waals surface area contributed by atoms with Crippen LogP contribution in [0.4, 0.5) is 11.4 Å². The molecule has 2 aliphatic heterocycles. The largest absolute Gasteiger partial charge is 0.744 e. The molecule has 0 saturated carbocycles. The summed E-state index contributed by atoms with van der Waals surface area (Å²) >= 11 is 0. The summed E-state index contributed by atoms with van der Waals surface area (Å²) in [7, 11) is -20.0. The first-order chi connectivity index (χ1) is 31.1. The molecule has 23 heteroatoms. The molecule has 4 N–H and O–H groups in total. The Labute approximate surface area is 389 Å². The molecular weight excluding hydrogens is 949 g/mol. The normalized spacial score (nSPS) is 16.7. The van der Waals surface area contributed by atoms with Crippen LogP contribution in [0, 0.1) is 0 Å². The number of unbranched alkanes of at least 4 members (excludes halogenated alkanes) is 2. The molecule has 19 nitrogen and oxygen atoms in total. The Morgan fingerprint density at radius 2 is 1.39 bits per heavy atom. The number of hydrogen-bond donors (Lipinski definition) is 4. The molecule has 4 aromatic rings. The summed E-state index contributed by atoms with van der Waals surface area (Å²) in [6, 6.07) is 9.93. The van der Waals surface area contributed by atoms with Crippen LogP contribution in [0.3, 0.4) is 0 Å². The van der Waals surface area contributed by atoms with Crippen molar-refractivity contribution in [2.45, 2.75) is 97.1 Å². The van der Waals surface area contributed by atoms with Crippen LogP contribution in [0.15, 0.2) is 109 Å². The molecule has 0 bridgehead atoms. The van der Waals surface area contributed by atoms with Gasteiger partial charge in [-0.25, -0.2) is 8.42 Å². The number of likely N-dealkylation sites (N-methyl/N-ethyl adjacent to an activating group) is 1. The molecule has 4 aromatic carbocycles. The van der Waals surface area contributed by atoms with Crippen molar-refractivity contribution in [1.82, 2.24) is 5.32 Å². The molecule has 0 aliphatic carbocycles. The molecule has 0 saturated heterocycles. The lowest BCUT2D eigenvalue weighted by atomic mass is 9.79. The summed E-state index contributed by atoms with van der Waals surface area (Å²) in [5, 5.41) is 6.63. The molecular formula is C44H50N6O13S4. The van der Waals surface area contributed by atoms with Crippen LogP contribution in [0.25, 0.3) is 32.0 Å². The second-order valence-electron chi connectivity index (χ2n) is 17.1. The van der Waals surface area contributed by atoms with Crippen LogP contribution in [0.5, 0.6) is 0 Å². The molecule has 2 heterocycles. The SMILES string of the molecule is CCN1C(=CC=CC=CC2=[N+](CCCCCC(=O)NCCCN=[N+]=[N-])c3ccc4c(S(=O)(=O)[O-])cc(S(=O)(=O)O)cc4c3C2(C)C)C(C)(C)c2c1ccc1c(S(=O)(=O)O)cc(S(=O)(=O)O)cc21. The Morgan fingerprint density at radius 3 is 1.99 bits per heavy atom. The van der Waals surface area contributed by atoms with E-state index in [1.165, 1.54) is 18.2 Å². The van der Waals surface area contributed by atoms with Crippen LogP contribution in [-0.4, -0.2) is 94.3 Å². The minimum Gasteiger partial charge on any atom is -0.744 e. The van der Waals surface area contributed by atoms with Crippen molar-refractivity contribution in [3.05, 3.63) is 106 Å². The van der Waals surface area contributed by atoms with Gasteiger partial charge in [0.1, 0.15) is 21.6 Å². The van der Waals surface area contributed by atoms with Crippen LogP contribution in [0.1, 0.15) is 77.8 Å². The number of azide groups is 1. The van der Waals surface area contributed by atoms with Gasteiger partial charge in [-0.1, -0.05) is 43.3 Å². The summed E-state index contributed by atoms with van der Waals surface area (Å²) < 4.78 is 144. The maximum Gasteiger partial charge on any atom is 0.295 e. The van der Waals surface area contributed by atoms with Gasteiger partial charge in [-0.05, 0) is 104 Å². The van der Waals surface area contributed by atoms with Crippen molar-refractivity contribution < 1.29 is 61.3 Å². The number of rotatable bonds is 18. The quantitative estimate of drug-likeness (QED) is 0.0146. The maximum atomic E-state index is 12.5. The number of fused-ring (bicyclic) bond motifs is 6. The van der Waals surface area contributed by atoms with Gasteiger partial charge in [-0.3, -0.25) is 18.5 Å². The predicted octanol–water partition coefficient (Wildman–Crippen LogP) is 7.20. The second-order valence-corrected chi connectivity index (χ2v) is 22.7. The van der Waals surface area contributed by atoms with Gasteiger partial charge in [0.15, 0.2) is 5.71 Å². The fraction of sp³-hybridized carbons (Fsp3) is 0.364. The Bertz CT molecular complexity index is 3350. The van der Waals surface area contributed by atoms with Crippen LogP contribution in [-0.2, 0) is 56.1 Å². The average Bonchev–Trinajstić information content (AvgIpc) is 3.59. The fourth-order valence-corrected chi connectivity index (χ4v) is 11.8. The topological polar surface area (TPSA) is 304 Å². The lowest BCUT2D eigenvalue weighted by molar-refractivity contribution is -0.438. The van der Waals surface area contributed by atoms with Crippen LogP contribution in [0.2, 0.25) is 0 Å². The van der Waals surface area contributed by atoms with E-state index >= 15 is 0 Å². The highest BCUT2D eigenvalue weighted by molar-refractivity contribution is 7.87. The smallest absolute Gasteiger partial charge is 0.295 e. The number of nitrogens with one attached hydrogen (secondary N) is 1. The molecule has 0 atom stereocenters. The third-order valence-corrected chi connectivity index (χ3v) is 15.5. The van der Waals surface area contributed by atoms with Gasteiger partial charge in [-0.15, -0.1) is 0 Å². The number of benzene rings is 4. The summed E-state index contributed by atoms with van der Waals surface area (Å²) in [6.07, 6.45) is 11.6. The summed E-state index contributed by atoms with van der Waals surface area (Å²) in [4.78, 5) is 14.1. The predicted molar refractivity (Wildman–Crippen MR) is 251 cm³/mol. The molecule has 0 fully saturated rings. The zero-order chi connectivity index (χ0) is 49.5. The standard InChI is InChI=1S/C44H50N6O13S4/c1-6-49-34-19-17-30-32(24-28(64(52,53)54)26-36(30)66(58,59)60)41(34)43(2,3)38(49)14-9-7-10-15-39-44(4,5)42-33-25-29(65(55,56)57)27-37(67(61,62)63)31(33)18-20-35(42)50(39)23-12-8-11-16-40(51)46-21-13-22-47-48-45/h7,9-10,14-15,17-20,24-27H,6,8,11-13,16,21-23H2,1-5H3,(H4-,46,51,52,53,54,55,56,57,58,59,60,61,62,63). The molecule has 0 unspecified atom stereocenters. The highest BCUT2D eigenvalue weighted by Gasteiger charge is 2.46. The van der Waals surface area contributed by atoms with E-state index in [1.54, 1.807) is 30.4 Å². The Balaban J connectivity index is 1.38. The van der Waals surface area contributed by atoms with Gasteiger partial charge in [0.2, 0.25) is 11.6 Å². The van der Waals surface area contributed by atoms with Crippen molar-refractivity contribution in [3.63, 3.8) is 0 Å². The minimum atomic E-state index is -5.22. The zero-order valence-corrected chi connectivity index (χ0v) is 40.4. The second kappa shape index (κ2) is 18.9. The average molecular weight is 999 g/mol. The summed E-state index contributed by atoms with van der Waals surface area (Å²) in [6.45, 7) is 10.9. The van der Waals surface area contributed by atoms with E-state index in [-0.39, 0.29) is 40.4 Å². The number of anilines is 1. The zero-order valence-electron chi connectivity index (χ0n) is 37.2. The molecule has 1 amide bonds. The lowest BCUT2D eigenvalue weighted by Gasteiger charge is -2.26. The minimum absolute atomic E-state index is 0.0202. The van der Waals surface area contributed by atoms with E-state index in [1.807, 2.05) is 56.2 Å². The van der Waals surface area contributed by atoms with Crippen molar-refractivity contribution >= 4 is 85.0 Å². The fourth-order valence-electron chi connectivity index (χ4n) is 9.18. The van der Waals surface area contributed by atoms with Gasteiger partial charge in [0.05, 0.1) is 20.1 Å². The van der Waals surface area contributed by atoms with Crippen molar-refractivity contribution in [2.24, 2.45) is 5.11 Å². The first-order valence-corrected chi connectivity index (χ1v) is 26.7. The highest BCUT2D eigenvalue weighted by atomic mass is 32.2. The number of carbonyl (C=O) groups excluding carboxylic acids is 1. The van der Waals surface area contributed by atoms with Gasteiger partial charge in [0.25, 0.3) is 30.4 Å². The van der Waals surface area contributed by atoms with Gasteiger partial charge < -0.3 is 14.8 Å². The lowest BCUT2D eigenvalue weighted by Crippen LogP contribution is -2.28. The summed E-state index contributed by atoms with van der Waals surface area (Å²) in [5.74, 6) is -0.145. The Hall–Kier alpha value is -5.49. The molecule has 2 aliphatic rings. The van der Waals surface area contributed by atoms with Gasteiger partial charge in [-0.2, -0.15) is 29.8 Å². The van der Waals surface area contributed by atoms with Crippen molar-refractivity contribution in [2.75, 3.05) is 31.1 Å². The van der Waals surface area contributed by atoms with E-state index in [9.17, 15) is 56.7 Å². The number of nitrogens with zero attached hydrogens (tertiary/aromatic N) is 5. The van der Waals surface area contributed by atoms with Crippen LogP contribution >= 0.6 is 0 Å². The molecule has 6 rings (SSSR count). The maximum absolute atomic E-state index is 12.5. The number of hydrogen-bond acceptors (Lipinski definition) is 12. The van der Waals surface area contributed by atoms with Crippen molar-refractivity contribution in [1.29, 1.82) is 0 Å². The van der Waals surface area contributed by atoms with Gasteiger partial charge >= 0.3 is 0 Å². The summed E-state index contributed by atoms with van der Waals surface area (Å²) in [5.41, 5.74) is 10.4. The first-order valence-electron chi connectivity index (χ1n) is 21.0. The number of amides is 1. The number of carbonyl (C=O) groups is 1. The first kappa shape index (κ1) is 50.9. The Kier molecular flexibility index (Phi) is 14.4. The van der Waals surface area contributed by atoms with E-state index in [0.717, 1.165) is 11.8 Å². The third kappa shape index (κ3) is 10.3. The molecule has 0 radical (unpaired) electrons.